The molecule has 0 saturated heterocycles. The number of benzene rings is 2. The van der Waals surface area contributed by atoms with Gasteiger partial charge in [0.2, 0.25) is 5.91 Å². The molecule has 0 aliphatic heterocycles. The number of unbranched alkanes of at least 4 members (excludes halogenated alkanes) is 1. The highest BCUT2D eigenvalue weighted by molar-refractivity contribution is 5.89. The Labute approximate surface area is 283 Å². The zero-order chi connectivity index (χ0) is 35.6. The van der Waals surface area contributed by atoms with Gasteiger partial charge in [0.1, 0.15) is 36.5 Å². The molecule has 0 unspecified atom stereocenters. The molecule has 12 heteroatoms. The van der Waals surface area contributed by atoms with Crippen LogP contribution in [0.2, 0.25) is 0 Å². The number of rotatable bonds is 17. The number of hydrogen-bond donors (Lipinski definition) is 3. The molecule has 0 spiro atoms. The summed E-state index contributed by atoms with van der Waals surface area (Å²) in [6.45, 7) is 10.8. The Morgan fingerprint density at radius 3 is 1.73 bits per heavy atom. The molecule has 0 heterocycles. The molecule has 3 N–H and O–H groups in total. The van der Waals surface area contributed by atoms with Crippen LogP contribution < -0.4 is 16.0 Å². The van der Waals surface area contributed by atoms with Crippen LogP contribution >= 0.6 is 0 Å². The standard InChI is InChI=1S/C36H51N3O9/c1-35(2,3)47-32(42)29(20-13-14-23-37-33(43)46-25-27-18-11-8-12-19-27)38-31(41)28(39-34(44)48-36(4,5)6)21-15-22-30(40)45-24-26-16-9-7-10-17-26/h7-12,16-19,28-29H,13-15,20-25H2,1-6H3,(H,37,43)(H,38,41)(H,39,44)/t28-,29-/m0/s1. The number of ether oxygens (including phenoxy) is 4. The van der Waals surface area contributed by atoms with Crippen molar-refractivity contribution in [3.05, 3.63) is 71.8 Å². The fourth-order valence-electron chi connectivity index (χ4n) is 4.31. The van der Waals surface area contributed by atoms with Gasteiger partial charge in [0.15, 0.2) is 0 Å². The van der Waals surface area contributed by atoms with E-state index >= 15 is 0 Å². The van der Waals surface area contributed by atoms with Gasteiger partial charge in [-0.1, -0.05) is 60.7 Å². The van der Waals surface area contributed by atoms with Crippen molar-refractivity contribution in [2.75, 3.05) is 6.54 Å². The molecule has 0 aromatic heterocycles. The van der Waals surface area contributed by atoms with Crippen molar-refractivity contribution in [3.63, 3.8) is 0 Å². The van der Waals surface area contributed by atoms with E-state index in [0.717, 1.165) is 11.1 Å². The van der Waals surface area contributed by atoms with Crippen LogP contribution in [0.3, 0.4) is 0 Å². The number of carbonyl (C=O) groups excluding carboxylic acids is 5. The largest absolute Gasteiger partial charge is 0.461 e. The predicted octanol–water partition coefficient (Wildman–Crippen LogP) is 5.72. The predicted molar refractivity (Wildman–Crippen MR) is 180 cm³/mol. The van der Waals surface area contributed by atoms with Crippen molar-refractivity contribution in [3.8, 4) is 0 Å². The van der Waals surface area contributed by atoms with Crippen molar-refractivity contribution >= 4 is 30.0 Å². The molecular weight excluding hydrogens is 618 g/mol. The lowest BCUT2D eigenvalue weighted by Crippen LogP contribution is -2.53. The third kappa shape index (κ3) is 17.9. The minimum atomic E-state index is -1.10. The van der Waals surface area contributed by atoms with Gasteiger partial charge in [-0.2, -0.15) is 0 Å². The number of esters is 2. The minimum absolute atomic E-state index is 0.0168. The van der Waals surface area contributed by atoms with Crippen LogP contribution in [0.1, 0.15) is 91.2 Å². The molecule has 0 radical (unpaired) electrons. The van der Waals surface area contributed by atoms with Crippen molar-refractivity contribution < 1.29 is 42.9 Å². The summed E-state index contributed by atoms with van der Waals surface area (Å²) in [4.78, 5) is 63.7. The van der Waals surface area contributed by atoms with E-state index in [1.165, 1.54) is 0 Å². The number of alkyl carbamates (subject to hydrolysis) is 2. The first-order chi connectivity index (χ1) is 22.6. The molecule has 0 aliphatic rings. The van der Waals surface area contributed by atoms with E-state index in [-0.39, 0.29) is 38.9 Å². The van der Waals surface area contributed by atoms with Crippen LogP contribution in [0, 0.1) is 0 Å². The lowest BCUT2D eigenvalue weighted by molar-refractivity contribution is -0.159. The van der Waals surface area contributed by atoms with Crippen molar-refractivity contribution in [2.24, 2.45) is 0 Å². The average molecular weight is 670 g/mol. The molecule has 0 bridgehead atoms. The first-order valence-corrected chi connectivity index (χ1v) is 16.3. The Balaban J connectivity index is 1.97. The Hall–Kier alpha value is -4.61. The van der Waals surface area contributed by atoms with Gasteiger partial charge in [0, 0.05) is 13.0 Å². The SMILES string of the molecule is CC(C)(C)OC(=O)N[C@@H](CCCC(=O)OCc1ccccc1)C(=O)N[C@@H](CCCCNC(=O)OCc1ccccc1)C(=O)OC(C)(C)C. The highest BCUT2D eigenvalue weighted by Gasteiger charge is 2.31. The molecule has 0 aliphatic carbocycles. The second-order valence-corrected chi connectivity index (χ2v) is 13.3. The highest BCUT2D eigenvalue weighted by Crippen LogP contribution is 2.14. The Bertz CT molecular complexity index is 1310. The van der Waals surface area contributed by atoms with E-state index in [9.17, 15) is 24.0 Å². The zero-order valence-electron chi connectivity index (χ0n) is 29.0. The molecule has 48 heavy (non-hydrogen) atoms. The maximum absolute atomic E-state index is 13.5. The van der Waals surface area contributed by atoms with Gasteiger partial charge in [0.25, 0.3) is 0 Å². The molecule has 3 amide bonds. The third-order valence-corrected chi connectivity index (χ3v) is 6.53. The summed E-state index contributed by atoms with van der Waals surface area (Å²) >= 11 is 0. The quantitative estimate of drug-likeness (QED) is 0.109. The van der Waals surface area contributed by atoms with Crippen LogP contribution in [-0.4, -0.2) is 59.9 Å². The summed E-state index contributed by atoms with van der Waals surface area (Å²) < 4.78 is 21.4. The Morgan fingerprint density at radius 1 is 0.625 bits per heavy atom. The monoisotopic (exact) mass is 669 g/mol. The lowest BCUT2D eigenvalue weighted by Gasteiger charge is -2.27. The number of nitrogens with one attached hydrogen (secondary N) is 3. The summed E-state index contributed by atoms with van der Waals surface area (Å²) in [5.41, 5.74) is 0.0962. The zero-order valence-corrected chi connectivity index (χ0v) is 29.0. The van der Waals surface area contributed by atoms with Gasteiger partial charge in [-0.3, -0.25) is 9.59 Å². The van der Waals surface area contributed by atoms with Gasteiger partial charge in [-0.25, -0.2) is 14.4 Å². The molecule has 12 nitrogen and oxygen atoms in total. The summed E-state index contributed by atoms with van der Waals surface area (Å²) in [5.74, 6) is -1.71. The van der Waals surface area contributed by atoms with Gasteiger partial charge in [-0.05, 0) is 84.8 Å². The third-order valence-electron chi connectivity index (χ3n) is 6.53. The second kappa shape index (κ2) is 19.9. The van der Waals surface area contributed by atoms with Crippen LogP contribution in [0.15, 0.2) is 60.7 Å². The molecular formula is C36H51N3O9. The molecule has 264 valence electrons. The van der Waals surface area contributed by atoms with Crippen molar-refractivity contribution in [1.29, 1.82) is 0 Å². The summed E-state index contributed by atoms with van der Waals surface area (Å²) in [7, 11) is 0. The minimum Gasteiger partial charge on any atom is -0.461 e. The van der Waals surface area contributed by atoms with Gasteiger partial charge < -0.3 is 34.9 Å². The number of amides is 3. The molecule has 2 aromatic carbocycles. The molecule has 2 rings (SSSR count). The molecule has 2 atom stereocenters. The normalized spacial score (nSPS) is 12.5. The van der Waals surface area contributed by atoms with Gasteiger partial charge in [0.05, 0.1) is 0 Å². The second-order valence-electron chi connectivity index (χ2n) is 13.3. The fourth-order valence-corrected chi connectivity index (χ4v) is 4.31. The van der Waals surface area contributed by atoms with Crippen LogP contribution in [0.5, 0.6) is 0 Å². The molecule has 0 fully saturated rings. The Morgan fingerprint density at radius 2 is 1.17 bits per heavy atom. The number of carbonyl (C=O) groups is 5. The van der Waals surface area contributed by atoms with E-state index in [0.29, 0.717) is 19.4 Å². The van der Waals surface area contributed by atoms with Crippen LogP contribution in [0.4, 0.5) is 9.59 Å². The van der Waals surface area contributed by atoms with E-state index in [1.807, 2.05) is 60.7 Å². The topological polar surface area (TPSA) is 158 Å². The van der Waals surface area contributed by atoms with E-state index < -0.39 is 53.3 Å². The van der Waals surface area contributed by atoms with Crippen LogP contribution in [0.25, 0.3) is 0 Å². The summed E-state index contributed by atoms with van der Waals surface area (Å²) in [6.07, 6.45) is 0.131. The number of hydrogen-bond acceptors (Lipinski definition) is 9. The smallest absolute Gasteiger partial charge is 0.408 e. The Kier molecular flexibility index (Phi) is 16.4. The van der Waals surface area contributed by atoms with Gasteiger partial charge in [-0.15, -0.1) is 0 Å². The van der Waals surface area contributed by atoms with Gasteiger partial charge >= 0.3 is 24.1 Å². The molecule has 0 saturated carbocycles. The molecule has 2 aromatic rings. The fraction of sp³-hybridized carbons (Fsp3) is 0.528. The maximum atomic E-state index is 13.5. The first-order valence-electron chi connectivity index (χ1n) is 16.3. The summed E-state index contributed by atoms with van der Waals surface area (Å²) in [5, 5.41) is 7.97. The maximum Gasteiger partial charge on any atom is 0.408 e. The first kappa shape index (κ1) is 39.6. The summed E-state index contributed by atoms with van der Waals surface area (Å²) in [6, 6.07) is 16.4. The average Bonchev–Trinajstić information content (AvgIpc) is 3.00. The van der Waals surface area contributed by atoms with E-state index in [4.69, 9.17) is 18.9 Å². The van der Waals surface area contributed by atoms with E-state index in [1.54, 1.807) is 41.5 Å². The lowest BCUT2D eigenvalue weighted by atomic mass is 10.1. The van der Waals surface area contributed by atoms with Crippen molar-refractivity contribution in [2.45, 2.75) is 117 Å². The highest BCUT2D eigenvalue weighted by atomic mass is 16.6. The van der Waals surface area contributed by atoms with Crippen molar-refractivity contribution in [1.82, 2.24) is 16.0 Å². The van der Waals surface area contributed by atoms with Crippen LogP contribution in [-0.2, 0) is 46.5 Å². The van der Waals surface area contributed by atoms with E-state index in [2.05, 4.69) is 16.0 Å².